The lowest BCUT2D eigenvalue weighted by Gasteiger charge is -2.25. The summed E-state index contributed by atoms with van der Waals surface area (Å²) < 4.78 is 11.4. The molecule has 0 aliphatic rings. The molecule has 7 heteroatoms. The highest BCUT2D eigenvalue weighted by molar-refractivity contribution is 5.85. The van der Waals surface area contributed by atoms with Crippen LogP contribution in [0.5, 0.6) is 11.5 Å². The number of aliphatic hydroxyl groups excluding tert-OH is 1. The summed E-state index contributed by atoms with van der Waals surface area (Å²) in [5.74, 6) is -0.445. The number of carbonyl (C=O) groups is 2. The van der Waals surface area contributed by atoms with Crippen LogP contribution in [-0.4, -0.2) is 29.6 Å². The van der Waals surface area contributed by atoms with Gasteiger partial charge in [-0.2, -0.15) is 0 Å². The number of benzene rings is 1. The van der Waals surface area contributed by atoms with Crippen LogP contribution in [0.1, 0.15) is 92.7 Å². The molecule has 1 aromatic carbocycles. The quantitative estimate of drug-likeness (QED) is 0.304. The van der Waals surface area contributed by atoms with Gasteiger partial charge in [0.05, 0.1) is 16.9 Å². The smallest absolute Gasteiger partial charge is 0.317 e. The van der Waals surface area contributed by atoms with E-state index in [9.17, 15) is 14.7 Å². The van der Waals surface area contributed by atoms with Gasteiger partial charge in [0.25, 0.3) is 0 Å². The number of halogens is 1. The maximum Gasteiger partial charge on any atom is 0.317 e. The molecule has 0 spiro atoms. The number of ether oxygens (including phenoxy) is 2. The number of aliphatic hydroxyl groups is 1. The Morgan fingerprint density at radius 1 is 0.938 bits per heavy atom. The van der Waals surface area contributed by atoms with Crippen LogP contribution in [0.25, 0.3) is 0 Å². The van der Waals surface area contributed by atoms with Crippen molar-refractivity contribution >= 4 is 24.3 Å². The third kappa shape index (κ3) is 9.08. The first-order valence-corrected chi connectivity index (χ1v) is 11.3. The monoisotopic (exact) mass is 471 g/mol. The minimum absolute atomic E-state index is 0. The van der Waals surface area contributed by atoms with Gasteiger partial charge in [0.2, 0.25) is 0 Å². The molecule has 0 saturated carbocycles. The van der Waals surface area contributed by atoms with Gasteiger partial charge in [0, 0.05) is 12.6 Å². The molecule has 0 fully saturated rings. The van der Waals surface area contributed by atoms with Crippen molar-refractivity contribution < 1.29 is 24.2 Å². The van der Waals surface area contributed by atoms with Gasteiger partial charge in [-0.25, -0.2) is 0 Å². The molecule has 6 nitrogen and oxygen atoms in total. The van der Waals surface area contributed by atoms with Crippen LogP contribution in [0.15, 0.2) is 18.2 Å². The normalized spacial score (nSPS) is 12.8. The third-order valence-corrected chi connectivity index (χ3v) is 5.33. The standard InChI is InChI=1S/C25H41NO5.ClH/c1-9-13-24(5,6)22(28)30-20-12-11-18(19(27)16-26-17(3)4)15-21(20)31-23(29)25(7,8)14-10-2;/h11-12,15,17,19,26-27H,9-10,13-14,16H2,1-8H3;1H. The van der Waals surface area contributed by atoms with Gasteiger partial charge < -0.3 is 19.9 Å². The highest BCUT2D eigenvalue weighted by Crippen LogP contribution is 2.35. The summed E-state index contributed by atoms with van der Waals surface area (Å²) >= 11 is 0. The summed E-state index contributed by atoms with van der Waals surface area (Å²) in [4.78, 5) is 25.6. The molecular weight excluding hydrogens is 430 g/mol. The van der Waals surface area contributed by atoms with Crippen LogP contribution in [0, 0.1) is 10.8 Å². The number of nitrogens with one attached hydrogen (secondary N) is 1. The van der Waals surface area contributed by atoms with Gasteiger partial charge in [-0.05, 0) is 58.2 Å². The van der Waals surface area contributed by atoms with E-state index in [0.717, 1.165) is 12.8 Å². The molecule has 0 aromatic heterocycles. The second-order valence-electron chi connectivity index (χ2n) is 9.83. The first-order chi connectivity index (χ1) is 14.3. The third-order valence-electron chi connectivity index (χ3n) is 5.33. The van der Waals surface area contributed by atoms with E-state index in [-0.39, 0.29) is 35.9 Å². The van der Waals surface area contributed by atoms with Gasteiger partial charge in [-0.3, -0.25) is 9.59 Å². The van der Waals surface area contributed by atoms with E-state index in [2.05, 4.69) is 5.32 Å². The van der Waals surface area contributed by atoms with Gasteiger partial charge in [0.1, 0.15) is 0 Å². The molecule has 0 aliphatic heterocycles. The van der Waals surface area contributed by atoms with Crippen LogP contribution < -0.4 is 14.8 Å². The van der Waals surface area contributed by atoms with Crippen molar-refractivity contribution in [2.45, 2.75) is 93.2 Å². The molecule has 0 radical (unpaired) electrons. The minimum atomic E-state index is -0.787. The number of rotatable bonds is 12. The van der Waals surface area contributed by atoms with E-state index in [4.69, 9.17) is 9.47 Å². The number of hydrogen-bond acceptors (Lipinski definition) is 6. The number of hydrogen-bond donors (Lipinski definition) is 2. The number of carbonyl (C=O) groups excluding carboxylic acids is 2. The predicted octanol–water partition coefficient (Wildman–Crippen LogP) is 5.60. The van der Waals surface area contributed by atoms with Crippen LogP contribution in [0.3, 0.4) is 0 Å². The molecule has 32 heavy (non-hydrogen) atoms. The molecule has 1 aromatic rings. The highest BCUT2D eigenvalue weighted by atomic mass is 35.5. The van der Waals surface area contributed by atoms with E-state index < -0.39 is 22.9 Å². The van der Waals surface area contributed by atoms with Crippen molar-refractivity contribution in [2.24, 2.45) is 10.8 Å². The fourth-order valence-electron chi connectivity index (χ4n) is 3.29. The Balaban J connectivity index is 0.00000961. The van der Waals surface area contributed by atoms with Crippen molar-refractivity contribution in [3.8, 4) is 11.5 Å². The summed E-state index contributed by atoms with van der Waals surface area (Å²) in [7, 11) is 0. The summed E-state index contributed by atoms with van der Waals surface area (Å²) in [6, 6.07) is 5.09. The molecule has 0 bridgehead atoms. The fourth-order valence-corrected chi connectivity index (χ4v) is 3.29. The number of esters is 2. The van der Waals surface area contributed by atoms with E-state index in [1.165, 1.54) is 0 Å². The van der Waals surface area contributed by atoms with Crippen molar-refractivity contribution in [1.82, 2.24) is 5.32 Å². The maximum atomic E-state index is 12.8. The summed E-state index contributed by atoms with van der Waals surface area (Å²) in [5.41, 5.74) is -0.751. The van der Waals surface area contributed by atoms with E-state index in [1.807, 2.05) is 55.4 Å². The predicted molar refractivity (Wildman–Crippen MR) is 130 cm³/mol. The highest BCUT2D eigenvalue weighted by Gasteiger charge is 2.32. The van der Waals surface area contributed by atoms with Gasteiger partial charge in [0.15, 0.2) is 11.5 Å². The molecule has 184 valence electrons. The van der Waals surface area contributed by atoms with Crippen LogP contribution in [0.4, 0.5) is 0 Å². The topological polar surface area (TPSA) is 84.9 Å². The Hall–Kier alpha value is -1.63. The zero-order chi connectivity index (χ0) is 23.8. The lowest BCUT2D eigenvalue weighted by atomic mass is 9.88. The van der Waals surface area contributed by atoms with Gasteiger partial charge in [-0.15, -0.1) is 12.4 Å². The van der Waals surface area contributed by atoms with Crippen LogP contribution in [0.2, 0.25) is 0 Å². The Bertz CT molecular complexity index is 746. The first-order valence-electron chi connectivity index (χ1n) is 11.3. The Morgan fingerprint density at radius 2 is 1.41 bits per heavy atom. The average Bonchev–Trinajstić information content (AvgIpc) is 2.67. The van der Waals surface area contributed by atoms with Gasteiger partial charge >= 0.3 is 11.9 Å². The Morgan fingerprint density at radius 3 is 1.84 bits per heavy atom. The van der Waals surface area contributed by atoms with Crippen molar-refractivity contribution in [3.05, 3.63) is 23.8 Å². The van der Waals surface area contributed by atoms with E-state index in [1.54, 1.807) is 18.2 Å². The molecule has 0 saturated heterocycles. The van der Waals surface area contributed by atoms with Crippen molar-refractivity contribution in [2.75, 3.05) is 6.54 Å². The average molecular weight is 472 g/mol. The Kier molecular flexibility index (Phi) is 12.5. The molecule has 0 aliphatic carbocycles. The molecule has 1 unspecified atom stereocenters. The second-order valence-corrected chi connectivity index (χ2v) is 9.83. The SMILES string of the molecule is CCCC(C)(C)C(=O)Oc1ccc(C(O)CNC(C)C)cc1OC(=O)C(C)(C)CCC.Cl. The molecule has 1 rings (SSSR count). The largest absolute Gasteiger partial charge is 0.422 e. The first kappa shape index (κ1) is 30.4. The molecule has 1 atom stereocenters. The summed E-state index contributed by atoms with van der Waals surface area (Å²) in [6.07, 6.45) is 2.26. The molecule has 0 amide bonds. The minimum Gasteiger partial charge on any atom is -0.422 e. The molecule has 0 heterocycles. The van der Waals surface area contributed by atoms with Crippen LogP contribution in [-0.2, 0) is 9.59 Å². The second kappa shape index (κ2) is 13.2. The zero-order valence-electron chi connectivity index (χ0n) is 20.9. The molecule has 2 N–H and O–H groups in total. The van der Waals surface area contributed by atoms with Gasteiger partial charge in [-0.1, -0.05) is 46.6 Å². The van der Waals surface area contributed by atoms with Crippen LogP contribution >= 0.6 is 12.4 Å². The van der Waals surface area contributed by atoms with Crippen molar-refractivity contribution in [1.29, 1.82) is 0 Å². The maximum absolute atomic E-state index is 12.8. The van der Waals surface area contributed by atoms with Crippen molar-refractivity contribution in [3.63, 3.8) is 0 Å². The lowest BCUT2D eigenvalue weighted by molar-refractivity contribution is -0.147. The molecular formula is C25H42ClNO5. The lowest BCUT2D eigenvalue weighted by Crippen LogP contribution is -2.31. The zero-order valence-corrected chi connectivity index (χ0v) is 21.7. The van der Waals surface area contributed by atoms with E-state index in [0.29, 0.717) is 24.9 Å². The fraction of sp³-hybridized carbons (Fsp3) is 0.680. The van der Waals surface area contributed by atoms with E-state index >= 15 is 0 Å². The Labute approximate surface area is 199 Å². The summed E-state index contributed by atoms with van der Waals surface area (Å²) in [6.45, 7) is 15.7. The summed E-state index contributed by atoms with van der Waals surface area (Å²) in [5, 5.41) is 13.7.